The van der Waals surface area contributed by atoms with Crippen LogP contribution in [0.4, 0.5) is 0 Å². The maximum atomic E-state index is 12.1. The number of hydrogen-bond donors (Lipinski definition) is 2. The second-order valence-electron chi connectivity index (χ2n) is 5.76. The Kier molecular flexibility index (Phi) is 5.78. The number of carbonyl (C=O) groups is 2. The fraction of sp³-hybridized carbons (Fsp3) is 0.529. The van der Waals surface area contributed by atoms with Crippen LogP contribution in [0.3, 0.4) is 0 Å². The number of rotatable bonds is 6. The highest BCUT2D eigenvalue weighted by molar-refractivity contribution is 5.85. The van der Waals surface area contributed by atoms with E-state index < -0.39 is 12.0 Å². The Morgan fingerprint density at radius 1 is 1.14 bits per heavy atom. The Balaban J connectivity index is 1.86. The summed E-state index contributed by atoms with van der Waals surface area (Å²) in [7, 11) is 0. The van der Waals surface area contributed by atoms with Crippen molar-refractivity contribution in [1.29, 1.82) is 0 Å². The van der Waals surface area contributed by atoms with Crippen molar-refractivity contribution in [1.82, 2.24) is 5.32 Å². The third-order valence-electron chi connectivity index (χ3n) is 4.16. The lowest BCUT2D eigenvalue weighted by Gasteiger charge is -2.23. The van der Waals surface area contributed by atoms with Gasteiger partial charge in [0.1, 0.15) is 6.04 Å². The van der Waals surface area contributed by atoms with E-state index in [2.05, 4.69) is 5.32 Å². The first-order valence-electron chi connectivity index (χ1n) is 7.74. The molecule has 0 bridgehead atoms. The number of hydrogen-bond acceptors (Lipinski definition) is 2. The van der Waals surface area contributed by atoms with E-state index >= 15 is 0 Å². The van der Waals surface area contributed by atoms with Crippen molar-refractivity contribution < 1.29 is 14.7 Å². The van der Waals surface area contributed by atoms with Gasteiger partial charge in [0, 0.05) is 5.92 Å². The second-order valence-corrected chi connectivity index (χ2v) is 5.76. The summed E-state index contributed by atoms with van der Waals surface area (Å²) in [6.45, 7) is 0. The Hall–Kier alpha value is -1.84. The molecule has 1 aromatic rings. The van der Waals surface area contributed by atoms with Gasteiger partial charge in [-0.05, 0) is 31.2 Å². The van der Waals surface area contributed by atoms with E-state index in [-0.39, 0.29) is 11.8 Å². The smallest absolute Gasteiger partial charge is 0.326 e. The number of carboxylic acid groups (broad SMARTS) is 1. The minimum atomic E-state index is -0.949. The highest BCUT2D eigenvalue weighted by atomic mass is 16.4. The van der Waals surface area contributed by atoms with Crippen LogP contribution >= 0.6 is 0 Å². The maximum Gasteiger partial charge on any atom is 0.326 e. The summed E-state index contributed by atoms with van der Waals surface area (Å²) in [4.78, 5) is 23.5. The van der Waals surface area contributed by atoms with Crippen LogP contribution in [0.15, 0.2) is 30.3 Å². The Bertz CT molecular complexity index is 466. The van der Waals surface area contributed by atoms with Gasteiger partial charge in [-0.3, -0.25) is 4.79 Å². The third kappa shape index (κ3) is 4.88. The van der Waals surface area contributed by atoms with Crippen LogP contribution in [0.1, 0.15) is 44.1 Å². The van der Waals surface area contributed by atoms with Crippen molar-refractivity contribution >= 4 is 11.9 Å². The molecular weight excluding hydrogens is 266 g/mol. The van der Waals surface area contributed by atoms with Crippen molar-refractivity contribution in [3.8, 4) is 0 Å². The zero-order chi connectivity index (χ0) is 15.1. The molecule has 1 aliphatic rings. The lowest BCUT2D eigenvalue weighted by atomic mass is 9.88. The zero-order valence-corrected chi connectivity index (χ0v) is 12.3. The second kappa shape index (κ2) is 7.81. The molecule has 1 aliphatic carbocycles. The minimum Gasteiger partial charge on any atom is -0.480 e. The number of aliphatic carboxylic acids is 1. The van der Waals surface area contributed by atoms with Crippen molar-refractivity contribution in [3.05, 3.63) is 35.9 Å². The van der Waals surface area contributed by atoms with E-state index in [4.69, 9.17) is 0 Å². The van der Waals surface area contributed by atoms with Gasteiger partial charge in [-0.25, -0.2) is 4.79 Å². The predicted molar refractivity (Wildman–Crippen MR) is 80.9 cm³/mol. The average molecular weight is 289 g/mol. The molecule has 0 saturated heterocycles. The van der Waals surface area contributed by atoms with E-state index in [1.807, 2.05) is 30.3 Å². The van der Waals surface area contributed by atoms with Gasteiger partial charge >= 0.3 is 5.97 Å². The average Bonchev–Trinajstić information content (AvgIpc) is 2.52. The van der Waals surface area contributed by atoms with E-state index in [9.17, 15) is 14.7 Å². The highest BCUT2D eigenvalue weighted by Crippen LogP contribution is 2.23. The summed E-state index contributed by atoms with van der Waals surface area (Å²) in [5.74, 6) is -1.04. The molecule has 1 amide bonds. The van der Waals surface area contributed by atoms with Gasteiger partial charge in [-0.1, -0.05) is 49.6 Å². The van der Waals surface area contributed by atoms with Gasteiger partial charge in [-0.2, -0.15) is 0 Å². The molecule has 21 heavy (non-hydrogen) atoms. The fourth-order valence-corrected chi connectivity index (χ4v) is 2.87. The number of amides is 1. The standard InChI is InChI=1S/C17H23NO3/c19-16(14-9-5-2-6-10-14)18-15(17(20)21)12-11-13-7-3-1-4-8-13/h1,3-4,7-8,14-15H,2,5-6,9-12H2,(H,18,19)(H,20,21)/t15-/m0/s1. The first kappa shape index (κ1) is 15.5. The van der Waals surface area contributed by atoms with Crippen LogP contribution in [0.25, 0.3) is 0 Å². The largest absolute Gasteiger partial charge is 0.480 e. The molecule has 1 saturated carbocycles. The lowest BCUT2D eigenvalue weighted by molar-refractivity contribution is -0.142. The molecule has 0 spiro atoms. The van der Waals surface area contributed by atoms with Gasteiger partial charge in [-0.15, -0.1) is 0 Å². The van der Waals surface area contributed by atoms with Crippen molar-refractivity contribution in [3.63, 3.8) is 0 Å². The van der Waals surface area contributed by atoms with Crippen LogP contribution in [0.5, 0.6) is 0 Å². The van der Waals surface area contributed by atoms with Gasteiger partial charge in [0.25, 0.3) is 0 Å². The molecule has 114 valence electrons. The van der Waals surface area contributed by atoms with Crippen LogP contribution < -0.4 is 5.32 Å². The first-order valence-corrected chi connectivity index (χ1v) is 7.74. The van der Waals surface area contributed by atoms with Crippen LogP contribution in [0.2, 0.25) is 0 Å². The maximum absolute atomic E-state index is 12.1. The molecule has 2 N–H and O–H groups in total. The molecule has 0 unspecified atom stereocenters. The number of carboxylic acids is 1. The highest BCUT2D eigenvalue weighted by Gasteiger charge is 2.26. The number of benzene rings is 1. The summed E-state index contributed by atoms with van der Waals surface area (Å²) in [6, 6.07) is 8.96. The van der Waals surface area contributed by atoms with Gasteiger partial charge in [0.05, 0.1) is 0 Å². The molecule has 0 heterocycles. The molecule has 0 aromatic heterocycles. The van der Waals surface area contributed by atoms with E-state index in [1.165, 1.54) is 6.42 Å². The van der Waals surface area contributed by atoms with Gasteiger partial charge in [0.15, 0.2) is 0 Å². The Morgan fingerprint density at radius 2 is 1.81 bits per heavy atom. The number of carbonyl (C=O) groups excluding carboxylic acids is 1. The molecular formula is C17H23NO3. The van der Waals surface area contributed by atoms with Crippen molar-refractivity contribution in [2.75, 3.05) is 0 Å². The summed E-state index contributed by atoms with van der Waals surface area (Å²) in [6.07, 6.45) is 6.17. The minimum absolute atomic E-state index is 0.00248. The quantitative estimate of drug-likeness (QED) is 0.846. The fourth-order valence-electron chi connectivity index (χ4n) is 2.87. The Labute approximate surface area is 125 Å². The van der Waals surface area contributed by atoms with Crippen molar-refractivity contribution in [2.24, 2.45) is 5.92 Å². The molecule has 2 rings (SSSR count). The molecule has 4 nitrogen and oxygen atoms in total. The van der Waals surface area contributed by atoms with E-state index in [1.54, 1.807) is 0 Å². The normalized spacial score (nSPS) is 17.1. The predicted octanol–water partition coefficient (Wildman–Crippen LogP) is 2.77. The molecule has 4 heteroatoms. The van der Waals surface area contributed by atoms with Crippen LogP contribution in [-0.2, 0) is 16.0 Å². The SMILES string of the molecule is O=C(N[C@@H](CCc1ccccc1)C(=O)O)C1CCCCC1. The summed E-state index contributed by atoms with van der Waals surface area (Å²) < 4.78 is 0. The third-order valence-corrected chi connectivity index (χ3v) is 4.16. The summed E-state index contributed by atoms with van der Waals surface area (Å²) >= 11 is 0. The molecule has 1 fully saturated rings. The monoisotopic (exact) mass is 289 g/mol. The van der Waals surface area contributed by atoms with Gasteiger partial charge < -0.3 is 10.4 Å². The topological polar surface area (TPSA) is 66.4 Å². The first-order chi connectivity index (χ1) is 10.2. The molecule has 0 aliphatic heterocycles. The van der Waals surface area contributed by atoms with E-state index in [0.717, 1.165) is 31.2 Å². The van der Waals surface area contributed by atoms with Crippen molar-refractivity contribution in [2.45, 2.75) is 51.0 Å². The molecule has 0 radical (unpaired) electrons. The lowest BCUT2D eigenvalue weighted by Crippen LogP contribution is -2.44. The van der Waals surface area contributed by atoms with Crippen LogP contribution in [-0.4, -0.2) is 23.0 Å². The molecule has 1 atom stereocenters. The number of aryl methyl sites for hydroxylation is 1. The Morgan fingerprint density at radius 3 is 2.43 bits per heavy atom. The van der Waals surface area contributed by atoms with Gasteiger partial charge in [0.2, 0.25) is 5.91 Å². The number of nitrogens with one attached hydrogen (secondary N) is 1. The zero-order valence-electron chi connectivity index (χ0n) is 12.3. The summed E-state index contributed by atoms with van der Waals surface area (Å²) in [5, 5.41) is 12.0. The summed E-state index contributed by atoms with van der Waals surface area (Å²) in [5.41, 5.74) is 1.09. The van der Waals surface area contributed by atoms with Crippen LogP contribution in [0, 0.1) is 5.92 Å². The van der Waals surface area contributed by atoms with E-state index in [0.29, 0.717) is 12.8 Å². The molecule has 1 aromatic carbocycles.